The van der Waals surface area contributed by atoms with Gasteiger partial charge in [-0.3, -0.25) is 4.79 Å². The van der Waals surface area contributed by atoms with Crippen LogP contribution in [0.5, 0.6) is 11.5 Å². The lowest BCUT2D eigenvalue weighted by molar-refractivity contribution is -0.122. The number of rotatable bonds is 8. The third-order valence-corrected chi connectivity index (χ3v) is 3.99. The second-order valence-electron chi connectivity index (χ2n) is 5.77. The number of hydrogen-bond donors (Lipinski definition) is 1. The van der Waals surface area contributed by atoms with Crippen molar-refractivity contribution in [1.82, 2.24) is 25.6 Å². The summed E-state index contributed by atoms with van der Waals surface area (Å²) in [5.74, 6) is 0.983. The summed E-state index contributed by atoms with van der Waals surface area (Å²) in [6.07, 6.45) is 1.45. The van der Waals surface area contributed by atoms with Crippen LogP contribution in [0.3, 0.4) is 0 Å². The van der Waals surface area contributed by atoms with Crippen LogP contribution in [0.4, 0.5) is 0 Å². The van der Waals surface area contributed by atoms with Gasteiger partial charge in [0.15, 0.2) is 11.5 Å². The van der Waals surface area contributed by atoms with E-state index in [9.17, 15) is 4.79 Å². The molecule has 0 saturated carbocycles. The normalized spacial score (nSPS) is 10.9. The molecular weight excluding hydrogens is 396 g/mol. The second-order valence-corrected chi connectivity index (χ2v) is 6.18. The zero-order valence-corrected chi connectivity index (χ0v) is 16.6. The zero-order valence-electron chi connectivity index (χ0n) is 15.9. The molecule has 0 saturated heterocycles. The van der Waals surface area contributed by atoms with Crippen molar-refractivity contribution in [2.75, 3.05) is 13.7 Å². The molecule has 0 bridgehead atoms. The van der Waals surface area contributed by atoms with Gasteiger partial charge in [-0.25, -0.2) is 5.43 Å². The fraction of sp³-hybridized carbons (Fsp3) is 0.211. The minimum atomic E-state index is -0.401. The highest BCUT2D eigenvalue weighted by Crippen LogP contribution is 2.35. The molecule has 0 aliphatic heterocycles. The van der Waals surface area contributed by atoms with E-state index in [-0.39, 0.29) is 6.54 Å². The average Bonchev–Trinajstić information content (AvgIpc) is 3.19. The van der Waals surface area contributed by atoms with E-state index in [1.807, 2.05) is 37.3 Å². The lowest BCUT2D eigenvalue weighted by Crippen LogP contribution is -2.24. The first-order chi connectivity index (χ1) is 14.1. The van der Waals surface area contributed by atoms with Gasteiger partial charge in [-0.15, -0.1) is 10.2 Å². The van der Waals surface area contributed by atoms with Crippen molar-refractivity contribution < 1.29 is 14.3 Å². The maximum absolute atomic E-state index is 12.1. The third-order valence-electron chi connectivity index (χ3n) is 3.71. The topological polar surface area (TPSA) is 104 Å². The zero-order chi connectivity index (χ0) is 20.6. The molecule has 3 aromatic rings. The fourth-order valence-electron chi connectivity index (χ4n) is 2.45. The minimum absolute atomic E-state index is 0.121. The van der Waals surface area contributed by atoms with Gasteiger partial charge in [0.2, 0.25) is 5.82 Å². The summed E-state index contributed by atoms with van der Waals surface area (Å²) < 4.78 is 10.7. The van der Waals surface area contributed by atoms with Gasteiger partial charge in [0.05, 0.1) is 25.0 Å². The number of carbonyl (C=O) groups is 1. The molecule has 1 amide bonds. The Morgan fingerprint density at radius 1 is 1.31 bits per heavy atom. The molecule has 0 atom stereocenters. The highest BCUT2D eigenvalue weighted by molar-refractivity contribution is 6.32. The van der Waals surface area contributed by atoms with E-state index in [1.54, 1.807) is 12.1 Å². The maximum Gasteiger partial charge on any atom is 0.263 e. The van der Waals surface area contributed by atoms with E-state index < -0.39 is 5.91 Å². The van der Waals surface area contributed by atoms with Crippen LogP contribution in [-0.4, -0.2) is 46.0 Å². The predicted octanol–water partition coefficient (Wildman–Crippen LogP) is 2.55. The van der Waals surface area contributed by atoms with E-state index in [1.165, 1.54) is 18.1 Å². The van der Waals surface area contributed by atoms with Crippen molar-refractivity contribution in [3.8, 4) is 22.9 Å². The summed E-state index contributed by atoms with van der Waals surface area (Å²) in [6.45, 7) is 2.19. The van der Waals surface area contributed by atoms with Crippen molar-refractivity contribution in [2.45, 2.75) is 13.5 Å². The van der Waals surface area contributed by atoms with Crippen LogP contribution in [0.2, 0.25) is 5.02 Å². The molecule has 0 radical (unpaired) electrons. The molecule has 1 aromatic heterocycles. The molecule has 0 fully saturated rings. The molecule has 150 valence electrons. The average molecular weight is 415 g/mol. The Kier molecular flexibility index (Phi) is 6.75. The number of methoxy groups -OCH3 is 1. The molecule has 0 aliphatic carbocycles. The molecule has 0 aliphatic rings. The Labute approximate surface area is 172 Å². The molecule has 1 N–H and O–H groups in total. The lowest BCUT2D eigenvalue weighted by atomic mass is 10.2. The highest BCUT2D eigenvalue weighted by Gasteiger charge is 2.11. The van der Waals surface area contributed by atoms with Gasteiger partial charge in [-0.2, -0.15) is 9.90 Å². The number of nitrogens with zero attached hydrogens (tertiary/aromatic N) is 5. The number of amides is 1. The monoisotopic (exact) mass is 414 g/mol. The molecule has 29 heavy (non-hydrogen) atoms. The summed E-state index contributed by atoms with van der Waals surface area (Å²) in [6, 6.07) is 12.7. The molecular formula is C19H19ClN6O3. The van der Waals surface area contributed by atoms with E-state index in [4.69, 9.17) is 21.1 Å². The summed E-state index contributed by atoms with van der Waals surface area (Å²) in [4.78, 5) is 13.3. The van der Waals surface area contributed by atoms with Crippen molar-refractivity contribution >= 4 is 23.7 Å². The second kappa shape index (κ2) is 9.65. The number of halogens is 1. The fourth-order valence-corrected chi connectivity index (χ4v) is 2.73. The summed E-state index contributed by atoms with van der Waals surface area (Å²) in [7, 11) is 1.52. The number of carbonyl (C=O) groups excluding carboxylic acids is 1. The summed E-state index contributed by atoms with van der Waals surface area (Å²) >= 11 is 6.21. The molecule has 1 heterocycles. The Bertz CT molecular complexity index is 1010. The first-order valence-corrected chi connectivity index (χ1v) is 9.14. The number of nitrogens with one attached hydrogen (secondary N) is 1. The molecule has 3 rings (SSSR count). The van der Waals surface area contributed by atoms with Crippen LogP contribution < -0.4 is 14.9 Å². The summed E-state index contributed by atoms with van der Waals surface area (Å²) in [5, 5.41) is 16.3. The largest absolute Gasteiger partial charge is 0.493 e. The van der Waals surface area contributed by atoms with Crippen LogP contribution in [0.15, 0.2) is 47.6 Å². The highest BCUT2D eigenvalue weighted by atomic mass is 35.5. The number of hydrazone groups is 1. The Hall–Kier alpha value is -3.46. The SMILES string of the molecule is CCOc1c(Cl)cc(/C=N\NC(=O)Cn2nnc(-c3ccccc3)n2)cc1OC. The quantitative estimate of drug-likeness (QED) is 0.448. The van der Waals surface area contributed by atoms with Crippen molar-refractivity contribution in [1.29, 1.82) is 0 Å². The number of tetrazole rings is 1. The molecule has 2 aromatic carbocycles. The van der Waals surface area contributed by atoms with Gasteiger partial charge in [0, 0.05) is 5.56 Å². The standard InChI is InChI=1S/C19H19ClN6O3/c1-3-29-18-15(20)9-13(10-16(18)28-2)11-21-22-17(27)12-26-24-19(23-25-26)14-7-5-4-6-8-14/h4-11H,3,12H2,1-2H3,(H,22,27)/b21-11-. The van der Waals surface area contributed by atoms with Gasteiger partial charge >= 0.3 is 0 Å². The van der Waals surface area contributed by atoms with Crippen LogP contribution in [-0.2, 0) is 11.3 Å². The van der Waals surface area contributed by atoms with Gasteiger partial charge in [-0.1, -0.05) is 41.9 Å². The van der Waals surface area contributed by atoms with Crippen LogP contribution in [0, 0.1) is 0 Å². The van der Waals surface area contributed by atoms with Crippen molar-refractivity contribution in [2.24, 2.45) is 5.10 Å². The van der Waals surface area contributed by atoms with Crippen LogP contribution in [0.25, 0.3) is 11.4 Å². The molecule has 10 heteroatoms. The maximum atomic E-state index is 12.1. The van der Waals surface area contributed by atoms with Crippen molar-refractivity contribution in [3.05, 3.63) is 53.1 Å². The predicted molar refractivity (Wildman–Crippen MR) is 108 cm³/mol. The van der Waals surface area contributed by atoms with Gasteiger partial charge < -0.3 is 9.47 Å². The molecule has 9 nitrogen and oxygen atoms in total. The number of ether oxygens (including phenoxy) is 2. The molecule has 0 spiro atoms. The van der Waals surface area contributed by atoms with Crippen LogP contribution in [0.1, 0.15) is 12.5 Å². The van der Waals surface area contributed by atoms with E-state index >= 15 is 0 Å². The third kappa shape index (κ3) is 5.29. The summed E-state index contributed by atoms with van der Waals surface area (Å²) in [5.41, 5.74) is 3.87. The Morgan fingerprint density at radius 3 is 2.83 bits per heavy atom. The van der Waals surface area contributed by atoms with Crippen molar-refractivity contribution in [3.63, 3.8) is 0 Å². The van der Waals surface area contributed by atoms with Gasteiger partial charge in [-0.05, 0) is 29.8 Å². The molecule has 0 unspecified atom stereocenters. The minimum Gasteiger partial charge on any atom is -0.493 e. The van der Waals surface area contributed by atoms with E-state index in [2.05, 4.69) is 25.9 Å². The number of benzene rings is 2. The lowest BCUT2D eigenvalue weighted by Gasteiger charge is -2.11. The first kappa shape index (κ1) is 20.3. The van der Waals surface area contributed by atoms with Gasteiger partial charge in [0.1, 0.15) is 6.54 Å². The Morgan fingerprint density at radius 2 is 2.10 bits per heavy atom. The smallest absolute Gasteiger partial charge is 0.263 e. The van der Waals surface area contributed by atoms with E-state index in [0.717, 1.165) is 5.56 Å². The Balaban J connectivity index is 1.60. The van der Waals surface area contributed by atoms with Gasteiger partial charge in [0.25, 0.3) is 5.91 Å². The van der Waals surface area contributed by atoms with Crippen LogP contribution >= 0.6 is 11.6 Å². The number of hydrogen-bond acceptors (Lipinski definition) is 7. The van der Waals surface area contributed by atoms with E-state index in [0.29, 0.717) is 34.5 Å². The number of aromatic nitrogens is 4. The first-order valence-electron chi connectivity index (χ1n) is 8.76.